The number of carbonyl (C=O) groups is 3. The van der Waals surface area contributed by atoms with Crippen LogP contribution in [0.15, 0.2) is 72.8 Å². The molecule has 0 aromatic heterocycles. The maximum Gasteiger partial charge on any atom is 0.519 e. The first kappa shape index (κ1) is 87.4. The van der Waals surface area contributed by atoms with Gasteiger partial charge in [0, 0.05) is 19.2 Å². The van der Waals surface area contributed by atoms with Crippen molar-refractivity contribution in [2.24, 2.45) is 5.73 Å². The molecule has 0 bridgehead atoms. The fourth-order valence-corrected chi connectivity index (χ4v) is 10.7. The second-order valence-corrected chi connectivity index (χ2v) is 27.7. The summed E-state index contributed by atoms with van der Waals surface area (Å²) < 4.78 is 23.9. The van der Waals surface area contributed by atoms with Gasteiger partial charge in [-0.25, -0.2) is 14.4 Å². The molecule has 18 heteroatoms. The van der Waals surface area contributed by atoms with Crippen molar-refractivity contribution in [3.8, 4) is 0 Å². The summed E-state index contributed by atoms with van der Waals surface area (Å²) in [4.78, 5) is 33.7. The number of ether oxygens (including phenoxy) is 5. The zero-order valence-electron chi connectivity index (χ0n) is 59.9. The minimum Gasteiger partial charge on any atom is -0.444 e. The zero-order valence-corrected chi connectivity index (χ0v) is 59.9. The molecule has 92 heavy (non-hydrogen) atoms. The second-order valence-electron chi connectivity index (χ2n) is 27.7. The highest BCUT2D eigenvalue weighted by Gasteiger charge is 2.28. The van der Waals surface area contributed by atoms with E-state index in [2.05, 4.69) is 75.1 Å². The van der Waals surface area contributed by atoms with Crippen molar-refractivity contribution in [2.75, 3.05) is 33.3 Å². The number of benzene rings is 3. The van der Waals surface area contributed by atoms with Crippen molar-refractivity contribution in [3.05, 3.63) is 106 Å². The Bertz CT molecular complexity index is 2370. The molecular formula is C74H128BN3O14. The van der Waals surface area contributed by atoms with Gasteiger partial charge in [-0.3, -0.25) is 0 Å². The first-order valence-corrected chi connectivity index (χ1v) is 34.4. The van der Waals surface area contributed by atoms with Crippen LogP contribution in [-0.2, 0) is 42.9 Å². The van der Waals surface area contributed by atoms with Crippen LogP contribution in [0.3, 0.4) is 0 Å². The SMILES string of the molecule is CC(C)(C)OC(=O)OC(=O)OC(C)(C)C.CCCC(O)(CCC)CCc1cccc(C(O)CCN)c1.CCCC(O)(CCC)CCc1cccc(C(O)CCNC(=O)OC(C)(C)C)c1.CCCC(O)(CCC)CCc1cccc(C(O)CCNC)c1.[B]C1CCCO1. The fraction of sp³-hybridized carbons (Fsp3) is 0.716. The molecule has 0 aliphatic carbocycles. The number of carbonyl (C=O) groups excluding carboxylic acids is 3. The fourth-order valence-electron chi connectivity index (χ4n) is 10.7. The highest BCUT2D eigenvalue weighted by atomic mass is 16.8. The summed E-state index contributed by atoms with van der Waals surface area (Å²) in [5, 5.41) is 68.6. The van der Waals surface area contributed by atoms with Crippen LogP contribution in [0.4, 0.5) is 14.4 Å². The topological polar surface area (TPSA) is 269 Å². The average molecular weight is 1290 g/mol. The number of aliphatic hydroxyl groups is 6. The molecule has 2 radical (unpaired) electrons. The molecule has 1 fully saturated rings. The summed E-state index contributed by atoms with van der Waals surface area (Å²) in [5.41, 5.74) is 8.10. The van der Waals surface area contributed by atoms with Crippen LogP contribution in [0, 0.1) is 0 Å². The van der Waals surface area contributed by atoms with Crippen LogP contribution in [-0.4, -0.2) is 130 Å². The van der Waals surface area contributed by atoms with E-state index in [1.165, 1.54) is 11.1 Å². The van der Waals surface area contributed by atoms with Gasteiger partial charge in [0.15, 0.2) is 0 Å². The number of rotatable bonds is 32. The number of hydrogen-bond acceptors (Lipinski definition) is 16. The molecule has 4 rings (SSSR count). The van der Waals surface area contributed by atoms with E-state index in [1.54, 1.807) is 41.5 Å². The lowest BCUT2D eigenvalue weighted by Crippen LogP contribution is -2.33. The quantitative estimate of drug-likeness (QED) is 0.0122. The van der Waals surface area contributed by atoms with Crippen molar-refractivity contribution in [3.63, 3.8) is 0 Å². The molecule has 10 N–H and O–H groups in total. The van der Waals surface area contributed by atoms with E-state index in [0.29, 0.717) is 25.9 Å². The molecule has 4 unspecified atom stereocenters. The molecular weight excluding hydrogens is 1170 g/mol. The molecule has 0 saturated carbocycles. The number of aryl methyl sites for hydroxylation is 3. The summed E-state index contributed by atoms with van der Waals surface area (Å²) in [6.45, 7) is 30.6. The Morgan fingerprint density at radius 3 is 1.12 bits per heavy atom. The monoisotopic (exact) mass is 1290 g/mol. The van der Waals surface area contributed by atoms with Gasteiger partial charge < -0.3 is 70.7 Å². The van der Waals surface area contributed by atoms with E-state index in [4.69, 9.17) is 32.5 Å². The number of alkyl carbamates (subject to hydrolysis) is 1. The third-order valence-electron chi connectivity index (χ3n) is 15.0. The third-order valence-corrected chi connectivity index (χ3v) is 15.0. The van der Waals surface area contributed by atoms with E-state index in [0.717, 1.165) is 170 Å². The van der Waals surface area contributed by atoms with E-state index in [9.17, 15) is 45.0 Å². The number of aliphatic hydroxyl groups excluding tert-OH is 3. The highest BCUT2D eigenvalue weighted by Crippen LogP contribution is 2.30. The minimum atomic E-state index is -1.06. The zero-order chi connectivity index (χ0) is 70.0. The summed E-state index contributed by atoms with van der Waals surface area (Å²) in [6, 6.07) is 24.1. The van der Waals surface area contributed by atoms with Crippen LogP contribution in [0.2, 0.25) is 0 Å². The maximum atomic E-state index is 11.7. The first-order valence-electron chi connectivity index (χ1n) is 34.4. The van der Waals surface area contributed by atoms with Gasteiger partial charge in [0.25, 0.3) is 0 Å². The normalized spacial score (nSPS) is 14.4. The Morgan fingerprint density at radius 1 is 0.533 bits per heavy atom. The number of nitrogens with one attached hydrogen (secondary N) is 2. The molecule has 1 aliphatic heterocycles. The van der Waals surface area contributed by atoms with Crippen LogP contribution >= 0.6 is 0 Å². The Balaban J connectivity index is 0.00000118. The molecule has 1 aliphatic rings. The largest absolute Gasteiger partial charge is 0.519 e. The first-order chi connectivity index (χ1) is 43.1. The lowest BCUT2D eigenvalue weighted by Gasteiger charge is -2.27. The van der Waals surface area contributed by atoms with Gasteiger partial charge >= 0.3 is 18.4 Å². The third kappa shape index (κ3) is 43.4. The van der Waals surface area contributed by atoms with Gasteiger partial charge in [-0.05, 0) is 225 Å². The lowest BCUT2D eigenvalue weighted by atomic mass is 9.86. The molecule has 526 valence electrons. The van der Waals surface area contributed by atoms with E-state index in [1.807, 2.05) is 82.4 Å². The van der Waals surface area contributed by atoms with E-state index in [-0.39, 0.29) is 6.00 Å². The van der Waals surface area contributed by atoms with Crippen LogP contribution in [0.1, 0.15) is 284 Å². The van der Waals surface area contributed by atoms with Crippen molar-refractivity contribution >= 4 is 26.3 Å². The second kappa shape index (κ2) is 46.5. The van der Waals surface area contributed by atoms with Gasteiger partial charge in [-0.2, -0.15) is 0 Å². The molecule has 0 spiro atoms. The molecule has 1 saturated heterocycles. The number of nitrogens with two attached hydrogens (primary N) is 1. The number of hydrogen-bond donors (Lipinski definition) is 9. The van der Waals surface area contributed by atoms with E-state index < -0.39 is 70.3 Å². The smallest absolute Gasteiger partial charge is 0.444 e. The van der Waals surface area contributed by atoms with Crippen LogP contribution < -0.4 is 16.4 Å². The molecule has 1 amide bonds. The van der Waals surface area contributed by atoms with Gasteiger partial charge in [0.1, 0.15) is 24.6 Å². The Hall–Kier alpha value is -4.63. The predicted octanol–water partition coefficient (Wildman–Crippen LogP) is 15.0. The summed E-state index contributed by atoms with van der Waals surface area (Å²) in [6.07, 6.45) is 15.6. The maximum absolute atomic E-state index is 11.7. The number of amides is 1. The van der Waals surface area contributed by atoms with E-state index >= 15 is 0 Å². The van der Waals surface area contributed by atoms with Gasteiger partial charge in [0.2, 0.25) is 0 Å². The Kier molecular flexibility index (Phi) is 44.1. The summed E-state index contributed by atoms with van der Waals surface area (Å²) in [7, 11) is 7.21. The highest BCUT2D eigenvalue weighted by molar-refractivity contribution is 6.11. The average Bonchev–Trinajstić information content (AvgIpc) is 1.27. The molecule has 1 heterocycles. The molecule has 3 aromatic rings. The van der Waals surface area contributed by atoms with Crippen molar-refractivity contribution in [1.82, 2.24) is 10.6 Å². The molecule has 17 nitrogen and oxygen atoms in total. The Labute approximate surface area is 557 Å². The lowest BCUT2D eigenvalue weighted by molar-refractivity contribution is -0.0295. The molecule has 4 atom stereocenters. The van der Waals surface area contributed by atoms with Crippen LogP contribution in [0.5, 0.6) is 0 Å². The summed E-state index contributed by atoms with van der Waals surface area (Å²) >= 11 is 0. The van der Waals surface area contributed by atoms with Crippen molar-refractivity contribution < 1.29 is 68.7 Å². The predicted molar refractivity (Wildman–Crippen MR) is 373 cm³/mol. The van der Waals surface area contributed by atoms with Crippen molar-refractivity contribution in [2.45, 2.75) is 309 Å². The Morgan fingerprint density at radius 2 is 0.859 bits per heavy atom. The van der Waals surface area contributed by atoms with Gasteiger partial charge in [-0.15, -0.1) is 0 Å². The van der Waals surface area contributed by atoms with Gasteiger partial charge in [0.05, 0.1) is 35.1 Å². The standard InChI is InChI=1S/C23H39NO4.C19H33NO2.C18H31NO2.C10H18O5.C4H7BO/c1-6-13-23(27,14-7-2)15-11-18-9-8-10-19(17-18)20(25)12-16-24-21(26)28-22(3,4)5;1-4-11-19(22,12-5-2)13-9-16-7-6-8-17(15-16)18(21)10-14-20-3;1-3-10-18(21,11-4-2)12-8-15-6-5-7-16(14-15)17(20)9-13-19;1-9(2,3)14-7(11)13-8(12)15-10(4,5)6;5-4-2-1-3-6-4/h8-10,17,20,25,27H,6-7,11-16H2,1-5H3,(H,24,26);6-8,15,18,20-22H,4-5,9-14H2,1-3H3;5-7,14,17,20-21H,3-4,8-13,19H2,1-2H3;1-6H3;4H,1-3H2. The van der Waals surface area contributed by atoms with Gasteiger partial charge in [-0.1, -0.05) is 153 Å². The molecule has 3 aromatic carbocycles. The van der Waals surface area contributed by atoms with Crippen molar-refractivity contribution in [1.29, 1.82) is 0 Å². The van der Waals surface area contributed by atoms with Crippen LogP contribution in [0.25, 0.3) is 0 Å². The summed E-state index contributed by atoms with van der Waals surface area (Å²) in [5.74, 6) is 0. The minimum absolute atomic E-state index is 0.0463.